The van der Waals surface area contributed by atoms with E-state index in [2.05, 4.69) is 118 Å². The highest BCUT2D eigenvalue weighted by Gasteiger charge is 2.17. The molecule has 0 bridgehead atoms. The largest absolute Gasteiger partial charge is 0.462 e. The maximum atomic E-state index is 12.8. The van der Waals surface area contributed by atoms with E-state index in [9.17, 15) is 9.59 Å². The van der Waals surface area contributed by atoms with Crippen LogP contribution in [-0.2, 0) is 23.8 Å². The smallest absolute Gasteiger partial charge is 0.306 e. The Morgan fingerprint density at radius 2 is 0.750 bits per heavy atom. The molecule has 60 heavy (non-hydrogen) atoms. The van der Waals surface area contributed by atoms with Crippen molar-refractivity contribution in [3.8, 4) is 0 Å². The van der Waals surface area contributed by atoms with Gasteiger partial charge >= 0.3 is 11.9 Å². The average molecular weight is 833 g/mol. The summed E-state index contributed by atoms with van der Waals surface area (Å²) in [5.41, 5.74) is 0. The molecule has 1 atom stereocenters. The lowest BCUT2D eigenvalue weighted by atomic mass is 10.1. The second-order valence-electron chi connectivity index (χ2n) is 16.0. The van der Waals surface area contributed by atoms with Crippen molar-refractivity contribution in [3.05, 3.63) is 97.2 Å². The van der Waals surface area contributed by atoms with Gasteiger partial charge in [0.2, 0.25) is 0 Å². The maximum absolute atomic E-state index is 12.8. The molecule has 0 aliphatic rings. The molecule has 0 fully saturated rings. The number of carbonyl (C=O) groups excluding carboxylic acids is 2. The number of rotatable bonds is 44. The van der Waals surface area contributed by atoms with Crippen molar-refractivity contribution in [1.29, 1.82) is 0 Å². The summed E-state index contributed by atoms with van der Waals surface area (Å²) >= 11 is 0. The molecule has 0 aromatic carbocycles. The monoisotopic (exact) mass is 833 g/mol. The van der Waals surface area contributed by atoms with Crippen LogP contribution in [0.2, 0.25) is 0 Å². The lowest BCUT2D eigenvalue weighted by molar-refractivity contribution is -0.163. The van der Waals surface area contributed by atoms with Crippen LogP contribution in [0.25, 0.3) is 0 Å². The molecule has 0 amide bonds. The second kappa shape index (κ2) is 50.2. The predicted molar refractivity (Wildman–Crippen MR) is 260 cm³/mol. The summed E-state index contributed by atoms with van der Waals surface area (Å²) in [5.74, 6) is -0.446. The molecule has 5 nitrogen and oxygen atoms in total. The zero-order chi connectivity index (χ0) is 43.5. The van der Waals surface area contributed by atoms with Gasteiger partial charge in [-0.3, -0.25) is 9.59 Å². The first kappa shape index (κ1) is 56.8. The van der Waals surface area contributed by atoms with Crippen molar-refractivity contribution in [2.24, 2.45) is 0 Å². The standard InChI is InChI=1S/C55H92O5/c1-4-7-10-13-16-19-22-24-26-28-29-31-34-36-39-42-45-48-54(56)59-52-53(60-55(57)49-46-43-40-37-33-21-18-15-12-9-6-3)51-58-50-47-44-41-38-35-32-30-27-25-23-20-17-14-11-8-5-2/h7-8,10-11,16-17,19-20,24-27,29,31-32,35,53H,4-6,9,12-15,18,21-23,28,30,33-34,36-52H2,1-3H3/b10-7-,11-8-,19-16-,20-17-,26-24-,27-25-,31-29-,35-32-. The van der Waals surface area contributed by atoms with Gasteiger partial charge in [-0.2, -0.15) is 0 Å². The molecule has 0 heterocycles. The van der Waals surface area contributed by atoms with E-state index < -0.39 is 6.10 Å². The van der Waals surface area contributed by atoms with E-state index in [4.69, 9.17) is 14.2 Å². The Labute approximate surface area is 371 Å². The lowest BCUT2D eigenvalue weighted by Gasteiger charge is -2.18. The molecule has 0 radical (unpaired) electrons. The minimum Gasteiger partial charge on any atom is -0.462 e. The Hall–Kier alpha value is -3.18. The van der Waals surface area contributed by atoms with E-state index in [1.807, 2.05) is 0 Å². The molecule has 0 spiro atoms. The van der Waals surface area contributed by atoms with Crippen LogP contribution in [0.4, 0.5) is 0 Å². The van der Waals surface area contributed by atoms with Gasteiger partial charge in [-0.1, -0.05) is 201 Å². The van der Waals surface area contributed by atoms with Gasteiger partial charge in [-0.25, -0.2) is 0 Å². The second-order valence-corrected chi connectivity index (χ2v) is 16.0. The zero-order valence-corrected chi connectivity index (χ0v) is 39.2. The molecule has 0 aliphatic heterocycles. The first-order valence-corrected chi connectivity index (χ1v) is 24.8. The summed E-state index contributed by atoms with van der Waals surface area (Å²) in [7, 11) is 0. The molecule has 0 saturated heterocycles. The minimum atomic E-state index is -0.565. The highest BCUT2D eigenvalue weighted by molar-refractivity contribution is 5.70. The zero-order valence-electron chi connectivity index (χ0n) is 39.2. The van der Waals surface area contributed by atoms with E-state index in [1.165, 1.54) is 57.8 Å². The third-order valence-electron chi connectivity index (χ3n) is 10.1. The first-order valence-electron chi connectivity index (χ1n) is 24.8. The molecular weight excluding hydrogens is 741 g/mol. The summed E-state index contributed by atoms with van der Waals surface area (Å²) < 4.78 is 17.3. The molecule has 342 valence electrons. The number of hydrogen-bond acceptors (Lipinski definition) is 5. The van der Waals surface area contributed by atoms with Gasteiger partial charge in [0, 0.05) is 19.4 Å². The number of allylic oxidation sites excluding steroid dienone is 16. The Kier molecular flexibility index (Phi) is 47.5. The van der Waals surface area contributed by atoms with Gasteiger partial charge in [-0.05, 0) is 96.3 Å². The van der Waals surface area contributed by atoms with E-state index >= 15 is 0 Å². The molecule has 0 saturated carbocycles. The van der Waals surface area contributed by atoms with Crippen molar-refractivity contribution < 1.29 is 23.8 Å². The van der Waals surface area contributed by atoms with Crippen LogP contribution in [0.5, 0.6) is 0 Å². The molecule has 5 heteroatoms. The molecule has 0 rings (SSSR count). The molecule has 0 aliphatic carbocycles. The van der Waals surface area contributed by atoms with Crippen LogP contribution in [-0.4, -0.2) is 37.9 Å². The topological polar surface area (TPSA) is 61.8 Å². The summed E-state index contributed by atoms with van der Waals surface area (Å²) in [4.78, 5) is 25.3. The summed E-state index contributed by atoms with van der Waals surface area (Å²) in [6.45, 7) is 7.49. The summed E-state index contributed by atoms with van der Waals surface area (Å²) in [6.07, 6.45) is 67.0. The van der Waals surface area contributed by atoms with Gasteiger partial charge in [-0.15, -0.1) is 0 Å². The third-order valence-corrected chi connectivity index (χ3v) is 10.1. The number of hydrogen-bond donors (Lipinski definition) is 0. The SMILES string of the molecule is CC/C=C\C/C=C\C/C=C\C/C=C\CCCCCCC(=O)OCC(COCCCCC/C=C\C/C=C\C/C=C\C/C=C\CC)OC(=O)CCCCCCCCCCCCC. The fourth-order valence-corrected chi connectivity index (χ4v) is 6.49. The quantitative estimate of drug-likeness (QED) is 0.0348. The fraction of sp³-hybridized carbons (Fsp3) is 0.673. The Morgan fingerprint density at radius 1 is 0.383 bits per heavy atom. The molecule has 0 aromatic rings. The van der Waals surface area contributed by atoms with Crippen LogP contribution < -0.4 is 0 Å². The normalized spacial score (nSPS) is 13.1. The van der Waals surface area contributed by atoms with Gasteiger partial charge < -0.3 is 14.2 Å². The van der Waals surface area contributed by atoms with E-state index in [0.717, 1.165) is 122 Å². The van der Waals surface area contributed by atoms with Gasteiger partial charge in [0.25, 0.3) is 0 Å². The van der Waals surface area contributed by atoms with E-state index in [1.54, 1.807) is 0 Å². The van der Waals surface area contributed by atoms with Crippen molar-refractivity contribution in [2.75, 3.05) is 19.8 Å². The Morgan fingerprint density at radius 3 is 1.20 bits per heavy atom. The minimum absolute atomic E-state index is 0.0560. The lowest BCUT2D eigenvalue weighted by Crippen LogP contribution is -2.30. The maximum Gasteiger partial charge on any atom is 0.306 e. The molecule has 1 unspecified atom stereocenters. The predicted octanol–water partition coefficient (Wildman–Crippen LogP) is 16.7. The summed E-state index contributed by atoms with van der Waals surface area (Å²) in [6, 6.07) is 0. The van der Waals surface area contributed by atoms with E-state index in [-0.39, 0.29) is 25.2 Å². The van der Waals surface area contributed by atoms with Crippen molar-refractivity contribution in [1.82, 2.24) is 0 Å². The highest BCUT2D eigenvalue weighted by Crippen LogP contribution is 2.13. The van der Waals surface area contributed by atoms with Crippen molar-refractivity contribution in [3.63, 3.8) is 0 Å². The Bertz CT molecular complexity index is 1170. The van der Waals surface area contributed by atoms with E-state index in [0.29, 0.717) is 19.4 Å². The fourth-order valence-electron chi connectivity index (χ4n) is 6.49. The number of unbranched alkanes of at least 4 members (excludes halogenated alkanes) is 17. The van der Waals surface area contributed by atoms with Gasteiger partial charge in [0.15, 0.2) is 6.10 Å². The first-order chi connectivity index (χ1) is 29.6. The van der Waals surface area contributed by atoms with Crippen LogP contribution in [0, 0.1) is 0 Å². The summed E-state index contributed by atoms with van der Waals surface area (Å²) in [5, 5.41) is 0. The third kappa shape index (κ3) is 47.5. The van der Waals surface area contributed by atoms with Crippen molar-refractivity contribution in [2.45, 2.75) is 219 Å². The van der Waals surface area contributed by atoms with Gasteiger partial charge in [0.05, 0.1) is 6.61 Å². The van der Waals surface area contributed by atoms with Crippen LogP contribution in [0.15, 0.2) is 97.2 Å². The van der Waals surface area contributed by atoms with Gasteiger partial charge in [0.1, 0.15) is 6.61 Å². The number of carbonyl (C=O) groups is 2. The van der Waals surface area contributed by atoms with Crippen LogP contribution in [0.3, 0.4) is 0 Å². The average Bonchev–Trinajstić information content (AvgIpc) is 3.25. The number of ether oxygens (including phenoxy) is 3. The molecular formula is C55H92O5. The molecule has 0 aromatic heterocycles. The van der Waals surface area contributed by atoms with Crippen LogP contribution in [0.1, 0.15) is 213 Å². The van der Waals surface area contributed by atoms with Crippen molar-refractivity contribution >= 4 is 11.9 Å². The highest BCUT2D eigenvalue weighted by atomic mass is 16.6. The molecule has 0 N–H and O–H groups in total. The van der Waals surface area contributed by atoms with Crippen LogP contribution >= 0.6 is 0 Å². The number of esters is 2. The Balaban J connectivity index is 4.36.